The molecule has 1 aromatic carbocycles. The quantitative estimate of drug-likeness (QED) is 0.761. The number of rotatable bonds is 8. The molecule has 2 rings (SSSR count). The molecule has 1 heterocycles. The van der Waals surface area contributed by atoms with Gasteiger partial charge in [-0.05, 0) is 43.5 Å². The van der Waals surface area contributed by atoms with Crippen LogP contribution in [-0.4, -0.2) is 60.9 Å². The lowest BCUT2D eigenvalue weighted by Crippen LogP contribution is -2.48. The smallest absolute Gasteiger partial charge is 0.317 e. The highest BCUT2D eigenvalue weighted by molar-refractivity contribution is 7.89. The zero-order valence-corrected chi connectivity index (χ0v) is 15.8. The van der Waals surface area contributed by atoms with Gasteiger partial charge in [0.2, 0.25) is 10.0 Å². The minimum absolute atomic E-state index is 0.00675. The molecule has 1 N–H and O–H groups in total. The summed E-state index contributed by atoms with van der Waals surface area (Å²) in [7, 11) is -3.47. The van der Waals surface area contributed by atoms with E-state index in [1.165, 1.54) is 4.31 Å². The van der Waals surface area contributed by atoms with Crippen LogP contribution in [0.3, 0.4) is 0 Å². The molecule has 0 aromatic heterocycles. The number of sulfonamides is 1. The summed E-state index contributed by atoms with van der Waals surface area (Å²) in [5.41, 5.74) is 1.15. The van der Waals surface area contributed by atoms with Crippen LogP contribution in [0.2, 0.25) is 0 Å². The van der Waals surface area contributed by atoms with Crippen molar-refractivity contribution in [3.63, 3.8) is 0 Å². The predicted molar refractivity (Wildman–Crippen MR) is 97.1 cm³/mol. The molecule has 6 nitrogen and oxygen atoms in total. The molecule has 0 bridgehead atoms. The van der Waals surface area contributed by atoms with Gasteiger partial charge in [0.15, 0.2) is 0 Å². The Morgan fingerprint density at radius 2 is 1.80 bits per heavy atom. The Bertz CT molecular complexity index is 665. The molecule has 0 unspecified atom stereocenters. The van der Waals surface area contributed by atoms with Gasteiger partial charge in [-0.15, -0.1) is 0 Å². The van der Waals surface area contributed by atoms with E-state index in [9.17, 15) is 13.2 Å². The summed E-state index contributed by atoms with van der Waals surface area (Å²) in [6, 6.07) is 7.27. The van der Waals surface area contributed by atoms with E-state index in [4.69, 9.17) is 5.11 Å². The van der Waals surface area contributed by atoms with Crippen LogP contribution >= 0.6 is 0 Å². The van der Waals surface area contributed by atoms with Gasteiger partial charge in [0.1, 0.15) is 0 Å². The fourth-order valence-corrected chi connectivity index (χ4v) is 4.86. The third-order valence-corrected chi connectivity index (χ3v) is 6.70. The number of piperidine rings is 1. The minimum Gasteiger partial charge on any atom is -0.480 e. The molecule has 25 heavy (non-hydrogen) atoms. The highest BCUT2D eigenvalue weighted by Gasteiger charge is 2.31. The molecular formula is C18H28N2O4S. The maximum absolute atomic E-state index is 12.8. The lowest BCUT2D eigenvalue weighted by atomic mass is 10.0. The van der Waals surface area contributed by atoms with Gasteiger partial charge < -0.3 is 5.11 Å². The van der Waals surface area contributed by atoms with Gasteiger partial charge in [0.25, 0.3) is 0 Å². The first-order valence-electron chi connectivity index (χ1n) is 8.93. The first-order chi connectivity index (χ1) is 11.9. The molecule has 0 aliphatic carbocycles. The second-order valence-corrected chi connectivity index (χ2v) is 8.42. The summed E-state index contributed by atoms with van der Waals surface area (Å²) in [4.78, 5) is 13.2. The van der Waals surface area contributed by atoms with Crippen molar-refractivity contribution in [2.24, 2.45) is 0 Å². The Morgan fingerprint density at radius 3 is 2.28 bits per heavy atom. The molecule has 7 heteroatoms. The molecule has 1 aliphatic heterocycles. The summed E-state index contributed by atoms with van der Waals surface area (Å²) in [5.74, 6) is -0.843. The highest BCUT2D eigenvalue weighted by Crippen LogP contribution is 2.23. The van der Waals surface area contributed by atoms with Crippen molar-refractivity contribution < 1.29 is 18.3 Å². The van der Waals surface area contributed by atoms with E-state index in [-0.39, 0.29) is 12.6 Å². The van der Waals surface area contributed by atoms with Gasteiger partial charge in [0, 0.05) is 19.1 Å². The number of carboxylic acids is 1. The number of hydrogen-bond donors (Lipinski definition) is 1. The Morgan fingerprint density at radius 1 is 1.20 bits per heavy atom. The summed E-state index contributed by atoms with van der Waals surface area (Å²) in [5, 5.41) is 8.99. The van der Waals surface area contributed by atoms with Gasteiger partial charge in [0.05, 0.1) is 11.4 Å². The zero-order valence-electron chi connectivity index (χ0n) is 15.0. The van der Waals surface area contributed by atoms with Gasteiger partial charge in [-0.25, -0.2) is 8.42 Å². The second kappa shape index (κ2) is 8.78. The molecule has 1 aliphatic rings. The van der Waals surface area contributed by atoms with Gasteiger partial charge >= 0.3 is 5.97 Å². The number of aliphatic carboxylic acids is 1. The number of carboxylic acid groups (broad SMARTS) is 1. The van der Waals surface area contributed by atoms with E-state index in [0.717, 1.165) is 18.4 Å². The average Bonchev–Trinajstić information content (AvgIpc) is 2.60. The van der Waals surface area contributed by atoms with Crippen molar-refractivity contribution in [1.29, 1.82) is 0 Å². The topological polar surface area (TPSA) is 77.9 Å². The van der Waals surface area contributed by atoms with E-state index in [2.05, 4.69) is 6.92 Å². The number of nitrogens with zero attached hydrogens (tertiary/aromatic N) is 2. The van der Waals surface area contributed by atoms with Crippen LogP contribution < -0.4 is 0 Å². The van der Waals surface area contributed by atoms with Crippen molar-refractivity contribution in [2.45, 2.75) is 50.5 Å². The van der Waals surface area contributed by atoms with E-state index in [1.807, 2.05) is 24.0 Å². The molecule has 0 radical (unpaired) electrons. The summed E-state index contributed by atoms with van der Waals surface area (Å²) >= 11 is 0. The number of aryl methyl sites for hydroxylation is 1. The van der Waals surface area contributed by atoms with Crippen LogP contribution in [0.5, 0.6) is 0 Å². The summed E-state index contributed by atoms with van der Waals surface area (Å²) in [6.07, 6.45) is 3.30. The normalized spacial score (nSPS) is 17.1. The minimum atomic E-state index is -3.47. The lowest BCUT2D eigenvalue weighted by molar-refractivity contribution is -0.139. The van der Waals surface area contributed by atoms with Crippen LogP contribution in [0.15, 0.2) is 29.2 Å². The van der Waals surface area contributed by atoms with Crippen molar-refractivity contribution in [1.82, 2.24) is 9.21 Å². The molecule has 140 valence electrons. The number of hydrogen-bond acceptors (Lipinski definition) is 4. The number of likely N-dealkylation sites (N-methyl/N-ethyl adjacent to an activating group) is 1. The first kappa shape index (κ1) is 19.9. The van der Waals surface area contributed by atoms with Gasteiger partial charge in [-0.2, -0.15) is 4.31 Å². The van der Waals surface area contributed by atoms with Crippen LogP contribution in [0, 0.1) is 0 Å². The molecule has 1 fully saturated rings. The fraction of sp³-hybridized carbons (Fsp3) is 0.611. The third kappa shape index (κ3) is 5.03. The largest absolute Gasteiger partial charge is 0.480 e. The Balaban J connectivity index is 2.02. The van der Waals surface area contributed by atoms with Crippen LogP contribution in [0.25, 0.3) is 0 Å². The van der Waals surface area contributed by atoms with Crippen molar-refractivity contribution >= 4 is 16.0 Å². The lowest BCUT2D eigenvalue weighted by Gasteiger charge is -2.36. The van der Waals surface area contributed by atoms with E-state index >= 15 is 0 Å². The molecule has 0 spiro atoms. The average molecular weight is 368 g/mol. The third-order valence-electron chi connectivity index (χ3n) is 4.78. The molecule has 0 atom stereocenters. The first-order valence-corrected chi connectivity index (χ1v) is 10.4. The molecule has 1 saturated heterocycles. The van der Waals surface area contributed by atoms with Crippen LogP contribution in [-0.2, 0) is 21.2 Å². The predicted octanol–water partition coefficient (Wildman–Crippen LogP) is 2.20. The summed E-state index contributed by atoms with van der Waals surface area (Å²) < 4.78 is 27.1. The van der Waals surface area contributed by atoms with Crippen molar-refractivity contribution in [3.05, 3.63) is 29.8 Å². The molecule has 0 saturated carbocycles. The summed E-state index contributed by atoms with van der Waals surface area (Å²) in [6.45, 7) is 5.55. The monoisotopic (exact) mass is 368 g/mol. The van der Waals surface area contributed by atoms with E-state index in [0.29, 0.717) is 37.4 Å². The standard InChI is InChI=1S/C18H28N2O4S/c1-3-5-15-6-8-17(9-7-15)25(23,24)20-12-10-16(11-13-20)19(4-2)14-18(21)22/h6-9,16H,3-5,10-14H2,1-2H3,(H,21,22). The van der Waals surface area contributed by atoms with E-state index in [1.54, 1.807) is 12.1 Å². The van der Waals surface area contributed by atoms with Crippen LogP contribution in [0.4, 0.5) is 0 Å². The molecule has 1 aromatic rings. The van der Waals surface area contributed by atoms with Crippen molar-refractivity contribution in [3.8, 4) is 0 Å². The van der Waals surface area contributed by atoms with E-state index < -0.39 is 16.0 Å². The highest BCUT2D eigenvalue weighted by atomic mass is 32.2. The fourth-order valence-electron chi connectivity index (χ4n) is 3.39. The maximum atomic E-state index is 12.8. The van der Waals surface area contributed by atoms with Gasteiger partial charge in [-0.3, -0.25) is 9.69 Å². The Kier molecular flexibility index (Phi) is 6.98. The van der Waals surface area contributed by atoms with Gasteiger partial charge in [-0.1, -0.05) is 32.4 Å². The Labute approximate surface area is 150 Å². The number of benzene rings is 1. The number of carbonyl (C=O) groups is 1. The van der Waals surface area contributed by atoms with Crippen LogP contribution in [0.1, 0.15) is 38.7 Å². The second-order valence-electron chi connectivity index (χ2n) is 6.49. The Hall–Kier alpha value is -1.44. The zero-order chi connectivity index (χ0) is 18.4. The molecule has 0 amide bonds. The van der Waals surface area contributed by atoms with Crippen molar-refractivity contribution in [2.75, 3.05) is 26.2 Å². The SMILES string of the molecule is CCCc1ccc(S(=O)(=O)N2CCC(N(CC)CC(=O)O)CC2)cc1. The maximum Gasteiger partial charge on any atom is 0.317 e. The molecular weight excluding hydrogens is 340 g/mol.